The number of hydrogen-bond acceptors (Lipinski definition) is 1. The van der Waals surface area contributed by atoms with Crippen LogP contribution >= 0.6 is 0 Å². The third kappa shape index (κ3) is 16.5. The highest BCUT2D eigenvalue weighted by molar-refractivity contribution is 4.60. The lowest BCUT2D eigenvalue weighted by Gasteiger charge is -1.91. The van der Waals surface area contributed by atoms with Gasteiger partial charge < -0.3 is 5.11 Å². The van der Waals surface area contributed by atoms with Gasteiger partial charge in [-0.05, 0) is 5.92 Å². The summed E-state index contributed by atoms with van der Waals surface area (Å²) in [6, 6.07) is 0. The van der Waals surface area contributed by atoms with Gasteiger partial charge in [-0.25, -0.2) is 0 Å². The standard InChI is InChI=1S/C6H12.2C2H6.CH4O/c1-6-4-2-3-5-6;3*1-2/h6H,2-5H2,1H3;2*1-2H3;2H,1H3. The van der Waals surface area contributed by atoms with Crippen LogP contribution in [0.1, 0.15) is 60.3 Å². The molecule has 1 rings (SSSR count). The lowest BCUT2D eigenvalue weighted by Crippen LogP contribution is -1.78. The Balaban J connectivity index is -0.000000117. The second kappa shape index (κ2) is 22.4. The molecule has 0 heterocycles. The fraction of sp³-hybridized carbons (Fsp3) is 1.00. The predicted octanol–water partition coefficient (Wildman–Crippen LogP) is 3.86. The SMILES string of the molecule is CC.CC.CC1CCCC1.CO. The molecule has 1 heteroatoms. The van der Waals surface area contributed by atoms with Gasteiger partial charge in [0.25, 0.3) is 0 Å². The topological polar surface area (TPSA) is 20.2 Å². The molecule has 0 aromatic heterocycles. The molecule has 1 aliphatic carbocycles. The summed E-state index contributed by atoms with van der Waals surface area (Å²) in [5, 5.41) is 7.00. The van der Waals surface area contributed by atoms with Gasteiger partial charge in [-0.1, -0.05) is 60.3 Å². The second-order valence-corrected chi connectivity index (χ2v) is 2.39. The zero-order valence-corrected chi connectivity index (χ0v) is 9.85. The highest BCUT2D eigenvalue weighted by atomic mass is 16.2. The van der Waals surface area contributed by atoms with Crippen LogP contribution in [0.15, 0.2) is 0 Å². The van der Waals surface area contributed by atoms with E-state index in [1.54, 1.807) is 0 Å². The molecule has 1 saturated carbocycles. The minimum Gasteiger partial charge on any atom is -0.400 e. The van der Waals surface area contributed by atoms with Crippen molar-refractivity contribution in [1.82, 2.24) is 0 Å². The first-order valence-electron chi connectivity index (χ1n) is 5.34. The largest absolute Gasteiger partial charge is 0.400 e. The molecular weight excluding hydrogens is 148 g/mol. The van der Waals surface area contributed by atoms with Crippen molar-refractivity contribution in [2.75, 3.05) is 7.11 Å². The Kier molecular flexibility index (Phi) is 33.5. The van der Waals surface area contributed by atoms with Crippen molar-refractivity contribution >= 4 is 0 Å². The van der Waals surface area contributed by atoms with E-state index in [0.29, 0.717) is 0 Å². The monoisotopic (exact) mass is 176 g/mol. The van der Waals surface area contributed by atoms with Gasteiger partial charge >= 0.3 is 0 Å². The fourth-order valence-electron chi connectivity index (χ4n) is 1.13. The molecule has 78 valence electrons. The molecule has 12 heavy (non-hydrogen) atoms. The van der Waals surface area contributed by atoms with Gasteiger partial charge in [0, 0.05) is 7.11 Å². The quantitative estimate of drug-likeness (QED) is 0.594. The summed E-state index contributed by atoms with van der Waals surface area (Å²) in [5.74, 6) is 1.05. The van der Waals surface area contributed by atoms with Crippen molar-refractivity contribution in [3.05, 3.63) is 0 Å². The van der Waals surface area contributed by atoms with E-state index in [0.717, 1.165) is 13.0 Å². The second-order valence-electron chi connectivity index (χ2n) is 2.39. The van der Waals surface area contributed by atoms with Crippen LogP contribution in [0, 0.1) is 5.92 Å². The summed E-state index contributed by atoms with van der Waals surface area (Å²) < 4.78 is 0. The van der Waals surface area contributed by atoms with Gasteiger partial charge in [0.2, 0.25) is 0 Å². The number of hydrogen-bond donors (Lipinski definition) is 1. The van der Waals surface area contributed by atoms with Crippen molar-refractivity contribution in [1.29, 1.82) is 0 Å². The van der Waals surface area contributed by atoms with Crippen LogP contribution in [-0.2, 0) is 0 Å². The zero-order valence-electron chi connectivity index (χ0n) is 9.85. The third-order valence-corrected chi connectivity index (χ3v) is 1.64. The molecule has 1 N–H and O–H groups in total. The molecule has 0 aliphatic heterocycles. The van der Waals surface area contributed by atoms with Gasteiger partial charge in [0.1, 0.15) is 0 Å². The summed E-state index contributed by atoms with van der Waals surface area (Å²) in [4.78, 5) is 0. The molecule has 0 amide bonds. The predicted molar refractivity (Wildman–Crippen MR) is 58.5 cm³/mol. The molecule has 1 nitrogen and oxygen atoms in total. The summed E-state index contributed by atoms with van der Waals surface area (Å²) in [6.45, 7) is 10.3. The van der Waals surface area contributed by atoms with Crippen molar-refractivity contribution in [2.45, 2.75) is 60.3 Å². The Labute approximate surface area is 79.2 Å². The highest BCUT2D eigenvalue weighted by Crippen LogP contribution is 2.22. The molecule has 0 saturated heterocycles. The van der Waals surface area contributed by atoms with E-state index in [9.17, 15) is 0 Å². The molecule has 0 spiro atoms. The molecule has 0 aromatic carbocycles. The van der Waals surface area contributed by atoms with Gasteiger partial charge in [-0.3, -0.25) is 0 Å². The number of aliphatic hydroxyl groups is 1. The zero-order chi connectivity index (χ0) is 10.4. The lowest BCUT2D eigenvalue weighted by molar-refractivity contribution is 0.399. The smallest absolute Gasteiger partial charge is 0.0319 e. The Morgan fingerprint density at radius 3 is 1.17 bits per heavy atom. The Morgan fingerprint density at radius 2 is 1.08 bits per heavy atom. The average Bonchev–Trinajstić information content (AvgIpc) is 2.66. The first-order valence-corrected chi connectivity index (χ1v) is 5.34. The molecular formula is C11H28O. The van der Waals surface area contributed by atoms with Gasteiger partial charge in [0.15, 0.2) is 0 Å². The Morgan fingerprint density at radius 1 is 0.833 bits per heavy atom. The van der Waals surface area contributed by atoms with E-state index in [4.69, 9.17) is 5.11 Å². The van der Waals surface area contributed by atoms with Crippen molar-refractivity contribution in [3.8, 4) is 0 Å². The van der Waals surface area contributed by atoms with E-state index >= 15 is 0 Å². The maximum absolute atomic E-state index is 7.00. The van der Waals surface area contributed by atoms with Crippen LogP contribution in [-0.4, -0.2) is 12.2 Å². The minimum atomic E-state index is 1.00. The molecule has 1 fully saturated rings. The molecule has 0 bridgehead atoms. The maximum atomic E-state index is 7.00. The summed E-state index contributed by atoms with van der Waals surface area (Å²) in [6.07, 6.45) is 5.95. The molecule has 0 aromatic rings. The van der Waals surface area contributed by atoms with E-state index < -0.39 is 0 Å². The summed E-state index contributed by atoms with van der Waals surface area (Å²) in [5.41, 5.74) is 0. The highest BCUT2D eigenvalue weighted by Gasteiger charge is 2.07. The molecule has 0 atom stereocenters. The van der Waals surface area contributed by atoms with Crippen LogP contribution in [0.3, 0.4) is 0 Å². The fourth-order valence-corrected chi connectivity index (χ4v) is 1.13. The average molecular weight is 176 g/mol. The molecule has 1 aliphatic rings. The van der Waals surface area contributed by atoms with Crippen molar-refractivity contribution in [2.24, 2.45) is 5.92 Å². The first kappa shape index (κ1) is 17.9. The van der Waals surface area contributed by atoms with Crippen molar-refractivity contribution in [3.63, 3.8) is 0 Å². The van der Waals surface area contributed by atoms with Crippen LogP contribution in [0.2, 0.25) is 0 Å². The Hall–Kier alpha value is -0.0400. The van der Waals surface area contributed by atoms with Crippen LogP contribution < -0.4 is 0 Å². The first-order chi connectivity index (χ1) is 5.89. The maximum Gasteiger partial charge on any atom is 0.0319 e. The van der Waals surface area contributed by atoms with E-state index in [1.807, 2.05) is 27.7 Å². The lowest BCUT2D eigenvalue weighted by atomic mass is 10.2. The van der Waals surface area contributed by atoms with Crippen LogP contribution in [0.4, 0.5) is 0 Å². The normalized spacial score (nSPS) is 14.2. The van der Waals surface area contributed by atoms with E-state index in [-0.39, 0.29) is 0 Å². The van der Waals surface area contributed by atoms with Gasteiger partial charge in [-0.15, -0.1) is 0 Å². The molecule has 0 unspecified atom stereocenters. The van der Waals surface area contributed by atoms with Gasteiger partial charge in [-0.2, -0.15) is 0 Å². The summed E-state index contributed by atoms with van der Waals surface area (Å²) in [7, 11) is 1.00. The number of aliphatic hydroxyl groups excluding tert-OH is 1. The Bertz CT molecular complexity index is 38.3. The van der Waals surface area contributed by atoms with Gasteiger partial charge in [0.05, 0.1) is 0 Å². The molecule has 0 radical (unpaired) electrons. The van der Waals surface area contributed by atoms with E-state index in [2.05, 4.69) is 6.92 Å². The van der Waals surface area contributed by atoms with Crippen molar-refractivity contribution < 1.29 is 5.11 Å². The third-order valence-electron chi connectivity index (χ3n) is 1.64. The number of rotatable bonds is 0. The minimum absolute atomic E-state index is 1.00. The van der Waals surface area contributed by atoms with Crippen LogP contribution in [0.5, 0.6) is 0 Å². The van der Waals surface area contributed by atoms with Crippen LogP contribution in [0.25, 0.3) is 0 Å². The summed E-state index contributed by atoms with van der Waals surface area (Å²) >= 11 is 0. The van der Waals surface area contributed by atoms with E-state index in [1.165, 1.54) is 25.7 Å².